The molecule has 3 aromatic rings. The van der Waals surface area contributed by atoms with Gasteiger partial charge in [0.1, 0.15) is 24.2 Å². The summed E-state index contributed by atoms with van der Waals surface area (Å²) >= 11 is 9.50. The molecule has 0 radical (unpaired) electrons. The number of halogens is 2. The number of aliphatic hydroxyl groups excluding tert-OH is 2. The van der Waals surface area contributed by atoms with Gasteiger partial charge in [-0.2, -0.15) is 0 Å². The van der Waals surface area contributed by atoms with E-state index in [1.54, 1.807) is 0 Å². The number of aliphatic hydroxyl groups is 2. The predicted octanol–water partition coefficient (Wildman–Crippen LogP) is 4.55. The third-order valence-electron chi connectivity index (χ3n) is 5.70. The molecular formula is C25H31BrClN3O4. The van der Waals surface area contributed by atoms with Crippen LogP contribution in [0.15, 0.2) is 53.1 Å². The second kappa shape index (κ2) is 12.0. The van der Waals surface area contributed by atoms with Crippen molar-refractivity contribution in [1.82, 2.24) is 15.0 Å². The van der Waals surface area contributed by atoms with Crippen LogP contribution in [0.5, 0.6) is 11.5 Å². The van der Waals surface area contributed by atoms with Crippen LogP contribution in [-0.4, -0.2) is 50.4 Å². The third-order valence-corrected chi connectivity index (χ3v) is 6.85. The van der Waals surface area contributed by atoms with E-state index in [1.165, 1.54) is 10.9 Å². The van der Waals surface area contributed by atoms with E-state index < -0.39 is 6.10 Å². The smallest absolute Gasteiger partial charge is 0.133 e. The Morgan fingerprint density at radius 3 is 2.44 bits per heavy atom. The zero-order valence-electron chi connectivity index (χ0n) is 19.6. The molecule has 2 atom stereocenters. The molecule has 1 heterocycles. The van der Waals surface area contributed by atoms with E-state index in [0.717, 1.165) is 21.3 Å². The van der Waals surface area contributed by atoms with Crippen molar-refractivity contribution in [1.29, 1.82) is 0 Å². The van der Waals surface area contributed by atoms with Crippen LogP contribution in [-0.2, 0) is 18.6 Å². The largest absolute Gasteiger partial charge is 0.492 e. The van der Waals surface area contributed by atoms with E-state index in [9.17, 15) is 10.2 Å². The van der Waals surface area contributed by atoms with Gasteiger partial charge in [0, 0.05) is 17.2 Å². The van der Waals surface area contributed by atoms with E-state index in [1.807, 2.05) is 30.3 Å². The fourth-order valence-corrected chi connectivity index (χ4v) is 4.00. The Balaban J connectivity index is 1.61. The highest BCUT2D eigenvalue weighted by molar-refractivity contribution is 9.10. The minimum absolute atomic E-state index is 0.101. The monoisotopic (exact) mass is 551 g/mol. The van der Waals surface area contributed by atoms with Crippen molar-refractivity contribution < 1.29 is 19.7 Å². The highest BCUT2D eigenvalue weighted by Gasteiger charge is 2.24. The van der Waals surface area contributed by atoms with Gasteiger partial charge in [0.05, 0.1) is 36.1 Å². The van der Waals surface area contributed by atoms with Crippen molar-refractivity contribution in [2.24, 2.45) is 5.92 Å². The van der Waals surface area contributed by atoms with E-state index in [-0.39, 0.29) is 31.1 Å². The van der Waals surface area contributed by atoms with Gasteiger partial charge in [-0.3, -0.25) is 0 Å². The molecule has 0 fully saturated rings. The van der Waals surface area contributed by atoms with Crippen molar-refractivity contribution in [3.05, 3.63) is 70.0 Å². The lowest BCUT2D eigenvalue weighted by molar-refractivity contribution is 0.0866. The Hall–Kier alpha value is -2.13. The van der Waals surface area contributed by atoms with Gasteiger partial charge in [-0.15, -0.1) is 16.7 Å². The molecule has 1 aromatic heterocycles. The zero-order chi connectivity index (χ0) is 24.7. The molecule has 3 rings (SSSR count). The maximum Gasteiger partial charge on any atom is 0.133 e. The molecule has 0 saturated carbocycles. The zero-order valence-corrected chi connectivity index (χ0v) is 22.0. The first kappa shape index (κ1) is 26.5. The number of alkyl halides is 1. The predicted molar refractivity (Wildman–Crippen MR) is 136 cm³/mol. The molecule has 2 aromatic carbocycles. The lowest BCUT2D eigenvalue weighted by Gasteiger charge is -2.27. The van der Waals surface area contributed by atoms with E-state index in [2.05, 4.69) is 59.1 Å². The molecule has 7 nitrogen and oxygen atoms in total. The molecule has 0 spiro atoms. The minimum Gasteiger partial charge on any atom is -0.492 e. The summed E-state index contributed by atoms with van der Waals surface area (Å²) in [4.78, 5) is 0. The van der Waals surface area contributed by atoms with Gasteiger partial charge in [0.25, 0.3) is 0 Å². The average Bonchev–Trinajstić information content (AvgIpc) is 3.28. The summed E-state index contributed by atoms with van der Waals surface area (Å²) in [6, 6.07) is 14.0. The third kappa shape index (κ3) is 6.72. The number of aromatic nitrogens is 3. The van der Waals surface area contributed by atoms with Crippen LogP contribution in [0.1, 0.15) is 37.6 Å². The van der Waals surface area contributed by atoms with Crippen LogP contribution in [0, 0.1) is 5.92 Å². The van der Waals surface area contributed by atoms with E-state index >= 15 is 0 Å². The van der Waals surface area contributed by atoms with Gasteiger partial charge >= 0.3 is 0 Å². The summed E-state index contributed by atoms with van der Waals surface area (Å²) in [5.74, 6) is 2.31. The maximum atomic E-state index is 10.2. The van der Waals surface area contributed by atoms with Crippen LogP contribution < -0.4 is 9.47 Å². The molecular weight excluding hydrogens is 522 g/mol. The summed E-state index contributed by atoms with van der Waals surface area (Å²) in [5, 5.41) is 27.1. The normalized spacial score (nSPS) is 13.5. The first-order valence-corrected chi connectivity index (χ1v) is 12.5. The molecule has 0 aliphatic carbocycles. The number of nitrogens with zero attached hydrogens (tertiary/aromatic N) is 3. The molecule has 0 saturated heterocycles. The van der Waals surface area contributed by atoms with Crippen molar-refractivity contribution in [3.63, 3.8) is 0 Å². The molecule has 0 aliphatic rings. The van der Waals surface area contributed by atoms with E-state index in [4.69, 9.17) is 21.1 Å². The van der Waals surface area contributed by atoms with Crippen molar-refractivity contribution in [2.45, 2.75) is 45.4 Å². The fraction of sp³-hybridized carbons (Fsp3) is 0.440. The topological polar surface area (TPSA) is 89.6 Å². The van der Waals surface area contributed by atoms with Crippen molar-refractivity contribution in [2.75, 3.05) is 19.1 Å². The lowest BCUT2D eigenvalue weighted by Crippen LogP contribution is -2.25. The van der Waals surface area contributed by atoms with E-state index in [0.29, 0.717) is 23.9 Å². The molecule has 0 bridgehead atoms. The molecule has 184 valence electrons. The first-order chi connectivity index (χ1) is 16.2. The van der Waals surface area contributed by atoms with Crippen LogP contribution in [0.2, 0.25) is 0 Å². The Labute approximate surface area is 213 Å². The molecule has 0 unspecified atom stereocenters. The van der Waals surface area contributed by atoms with Gasteiger partial charge in [-0.05, 0) is 51.3 Å². The second-order valence-corrected chi connectivity index (χ2v) is 10.1. The Morgan fingerprint density at radius 2 is 1.79 bits per heavy atom. The molecule has 9 heteroatoms. The fourth-order valence-electron chi connectivity index (χ4n) is 3.42. The maximum absolute atomic E-state index is 10.2. The summed E-state index contributed by atoms with van der Waals surface area (Å²) in [6.45, 7) is 7.07. The quantitative estimate of drug-likeness (QED) is 0.321. The second-order valence-electron chi connectivity index (χ2n) is 8.90. The average molecular weight is 553 g/mol. The Kier molecular flexibility index (Phi) is 9.36. The molecule has 34 heavy (non-hydrogen) atoms. The minimum atomic E-state index is -0.784. The van der Waals surface area contributed by atoms with Gasteiger partial charge in [0.15, 0.2) is 0 Å². The lowest BCUT2D eigenvalue weighted by atomic mass is 9.78. The number of hydrogen-bond acceptors (Lipinski definition) is 6. The van der Waals surface area contributed by atoms with Crippen LogP contribution in [0.25, 0.3) is 0 Å². The standard InChI is InChI=1S/C25H31BrClN3O4/c1-17(11-27)15-34-24-9-6-19(10-23(24)26)25(2,3)18-4-7-22(8-5-18)33-16-21(32)13-30-20(14-31)12-28-29-30/h4-10,12,17,21,31-32H,11,13-16H2,1-3H3/t17-,21+/m0/s1. The van der Waals surface area contributed by atoms with Gasteiger partial charge in [-0.1, -0.05) is 44.2 Å². The Bertz CT molecular complexity index is 1060. The number of benzene rings is 2. The summed E-state index contributed by atoms with van der Waals surface area (Å²) in [7, 11) is 0. The van der Waals surface area contributed by atoms with Crippen LogP contribution >= 0.6 is 27.5 Å². The summed E-state index contributed by atoms with van der Waals surface area (Å²) in [6.07, 6.45) is 0.684. The highest BCUT2D eigenvalue weighted by atomic mass is 79.9. The van der Waals surface area contributed by atoms with Gasteiger partial charge in [-0.25, -0.2) is 4.68 Å². The molecule has 0 amide bonds. The molecule has 0 aliphatic heterocycles. The SMILES string of the molecule is C[C@@H](CCl)COc1ccc(C(C)(C)c2ccc(OC[C@H](O)Cn3nncc3CO)cc2)cc1Br. The number of hydrogen-bond donors (Lipinski definition) is 2. The molecule has 2 N–H and O–H groups in total. The summed E-state index contributed by atoms with van der Waals surface area (Å²) < 4.78 is 14.0. The highest BCUT2D eigenvalue weighted by Crippen LogP contribution is 2.36. The van der Waals surface area contributed by atoms with Crippen LogP contribution in [0.4, 0.5) is 0 Å². The van der Waals surface area contributed by atoms with Gasteiger partial charge in [0.2, 0.25) is 0 Å². The van der Waals surface area contributed by atoms with Crippen molar-refractivity contribution in [3.8, 4) is 11.5 Å². The summed E-state index contributed by atoms with van der Waals surface area (Å²) in [5.41, 5.74) is 2.58. The number of rotatable bonds is 12. The van der Waals surface area contributed by atoms with Gasteiger partial charge < -0.3 is 19.7 Å². The Morgan fingerprint density at radius 1 is 1.09 bits per heavy atom. The van der Waals surface area contributed by atoms with Crippen LogP contribution in [0.3, 0.4) is 0 Å². The first-order valence-electron chi connectivity index (χ1n) is 11.1. The van der Waals surface area contributed by atoms with Crippen molar-refractivity contribution >= 4 is 27.5 Å². The number of ether oxygens (including phenoxy) is 2.